The van der Waals surface area contributed by atoms with Crippen molar-refractivity contribution in [1.29, 1.82) is 0 Å². The van der Waals surface area contributed by atoms with Crippen molar-refractivity contribution in [1.82, 2.24) is 63.8 Å². The first-order valence-corrected chi connectivity index (χ1v) is 36.4. The summed E-state index contributed by atoms with van der Waals surface area (Å²) in [5.74, 6) is -10.9. The van der Waals surface area contributed by atoms with Crippen LogP contribution in [0.2, 0.25) is 0 Å². The minimum absolute atomic E-state index is 0.159. The van der Waals surface area contributed by atoms with E-state index in [0.29, 0.717) is 21.2 Å². The predicted molar refractivity (Wildman–Crippen MR) is 370 cm³/mol. The molecule has 4 aromatic rings. The van der Waals surface area contributed by atoms with Crippen molar-refractivity contribution in [3.8, 4) is 0 Å². The largest absolute Gasteiger partial charge is 0.480 e. The summed E-state index contributed by atoms with van der Waals surface area (Å²) in [5.41, 5.74) is -5.05. The average molecular weight is 1390 g/mol. The molecule has 0 heterocycles. The molecule has 13 N–H and O–H groups in total. The molecule has 0 aliphatic carbocycles. The van der Waals surface area contributed by atoms with Crippen LogP contribution in [0.3, 0.4) is 0 Å². The van der Waals surface area contributed by atoms with Crippen molar-refractivity contribution in [2.75, 3.05) is 12.3 Å². The first-order chi connectivity index (χ1) is 44.1. The molecule has 30 heteroatoms. The molecule has 12 amide bonds. The Balaban J connectivity index is 1.56. The van der Waals surface area contributed by atoms with Crippen LogP contribution in [0.5, 0.6) is 0 Å². The maximum absolute atomic E-state index is 14.6. The Hall–Kier alpha value is -8.71. The summed E-state index contributed by atoms with van der Waals surface area (Å²) >= 11 is 12.9. The summed E-state index contributed by atoms with van der Waals surface area (Å²) in [6.07, 6.45) is -0.345. The van der Waals surface area contributed by atoms with Gasteiger partial charge in [-0.05, 0) is 111 Å². The molecule has 95 heavy (non-hydrogen) atoms. The zero-order valence-electron chi connectivity index (χ0n) is 55.6. The Labute approximate surface area is 563 Å². The quantitative estimate of drug-likeness (QED) is 0.0275. The number of hydrogen-bond acceptors (Lipinski definition) is 15. The molecule has 0 fully saturated rings. The van der Waals surface area contributed by atoms with Gasteiger partial charge in [-0.15, -0.1) is 0 Å². The van der Waals surface area contributed by atoms with Gasteiger partial charge in [-0.2, -0.15) is 0 Å². The van der Waals surface area contributed by atoms with Gasteiger partial charge in [-0.25, -0.2) is 0 Å². The molecule has 0 saturated carbocycles. The normalized spacial score (nSPS) is 14.6. The molecule has 26 nitrogen and oxygen atoms in total. The predicted octanol–water partition coefficient (Wildman–Crippen LogP) is -0.461. The van der Waals surface area contributed by atoms with Crippen molar-refractivity contribution >= 4 is 134 Å². The van der Waals surface area contributed by atoms with Gasteiger partial charge in [0.2, 0.25) is 70.9 Å². The van der Waals surface area contributed by atoms with E-state index in [1.165, 1.54) is 96.9 Å². The summed E-state index contributed by atoms with van der Waals surface area (Å²) in [4.78, 5) is 175. The number of rotatable bonds is 32. The van der Waals surface area contributed by atoms with Crippen LogP contribution in [0.25, 0.3) is 0 Å². The fraction of sp³-hybridized carbons (Fsp3) is 0.431. The maximum atomic E-state index is 14.6. The Bertz CT molecular complexity index is 3500. The maximum Gasteiger partial charge on any atom is 0.325 e. The lowest BCUT2D eigenvalue weighted by molar-refractivity contribution is -0.142. The second-order valence-corrected chi connectivity index (χ2v) is 34.2. The van der Waals surface area contributed by atoms with Crippen LogP contribution in [0.1, 0.15) is 96.9 Å². The lowest BCUT2D eigenvalue weighted by atomic mass is 10.0. The first kappa shape index (κ1) is 78.7. The molecule has 0 radical (unpaired) electrons. The number of benzene rings is 4. The molecule has 0 aliphatic rings. The molecule has 4 rings (SSSR count). The van der Waals surface area contributed by atoms with Crippen molar-refractivity contribution in [3.05, 3.63) is 121 Å². The molecule has 0 spiro atoms. The molecule has 0 bridgehead atoms. The first-order valence-electron chi connectivity index (χ1n) is 30.5. The minimum Gasteiger partial charge on any atom is -0.480 e. The van der Waals surface area contributed by atoms with E-state index in [1.54, 1.807) is 97.1 Å². The number of nitrogens with one attached hydrogen (secondary N) is 12. The number of aliphatic carboxylic acids is 1. The van der Waals surface area contributed by atoms with E-state index in [1.807, 2.05) is 24.3 Å². The van der Waals surface area contributed by atoms with E-state index < -0.39 is 160 Å². The van der Waals surface area contributed by atoms with Gasteiger partial charge in [0.25, 0.3) is 0 Å². The minimum atomic E-state index is -3.03. The van der Waals surface area contributed by atoms with Crippen molar-refractivity contribution in [2.45, 2.75) is 168 Å². The van der Waals surface area contributed by atoms with Gasteiger partial charge in [0.15, 0.2) is 0 Å². The zero-order valence-corrected chi connectivity index (χ0v) is 59.0. The third kappa shape index (κ3) is 22.5. The van der Waals surface area contributed by atoms with Gasteiger partial charge < -0.3 is 68.9 Å². The third-order valence-corrected chi connectivity index (χ3v) is 24.8. The molecule has 0 aliphatic heterocycles. The van der Waals surface area contributed by atoms with Crippen LogP contribution >= 0.6 is 12.1 Å². The SMILES string of the molecule is CC(=O)N[C@@H](C)C(=O)NC(C)(C)C(=O)N[C@@H](C)C(=O)N[C@@H](CP(=S)(c1ccccc1)c1ccccc1)C(=O)N[C@@H](C)C(=O)N[C@@H](C)C(=O)NC(C)(C)C(=O)N[C@@H](CP(=S)(c1ccccc1)c1ccccc1)C(=O)N[C@@H](C)C(=O)N[C@@H](C)C(=O)NC(C)(C)C(=O)N[C@@H](C)C(=O)O. The van der Waals surface area contributed by atoms with Gasteiger partial charge >= 0.3 is 5.97 Å². The van der Waals surface area contributed by atoms with Gasteiger partial charge in [0, 0.05) is 31.3 Å². The monoisotopic (exact) mass is 1390 g/mol. The van der Waals surface area contributed by atoms with Gasteiger partial charge in [-0.3, -0.25) is 62.3 Å². The third-order valence-electron chi connectivity index (χ3n) is 15.1. The number of hydrogen-bond donors (Lipinski definition) is 13. The molecular weight excluding hydrogens is 1300 g/mol. The number of carboxylic acids is 1. The summed E-state index contributed by atoms with van der Waals surface area (Å²) in [6.45, 7) is 18.7. The molecule has 0 saturated heterocycles. The van der Waals surface area contributed by atoms with Crippen LogP contribution in [0, 0.1) is 0 Å². The molecule has 4 aromatic carbocycles. The Morgan fingerprint density at radius 2 is 0.568 bits per heavy atom. The molecule has 0 aromatic heterocycles. The van der Waals surface area contributed by atoms with Crippen LogP contribution in [0.4, 0.5) is 0 Å². The van der Waals surface area contributed by atoms with Crippen molar-refractivity contribution < 1.29 is 67.4 Å². The summed E-state index contributed by atoms with van der Waals surface area (Å²) < 4.78 is 0. The van der Waals surface area contributed by atoms with Crippen LogP contribution in [-0.2, 0) is 85.9 Å². The number of carbonyl (C=O) groups excluding carboxylic acids is 12. The fourth-order valence-corrected chi connectivity index (χ4v) is 17.1. The van der Waals surface area contributed by atoms with Gasteiger partial charge in [0.1, 0.15) is 71.0 Å². The Morgan fingerprint density at radius 3 is 0.863 bits per heavy atom. The summed E-state index contributed by atoms with van der Waals surface area (Å²) in [5, 5.41) is 42.7. The summed E-state index contributed by atoms with van der Waals surface area (Å²) in [6, 6.07) is 17.9. The molecule has 0 unspecified atom stereocenters. The second-order valence-electron chi connectivity index (χ2n) is 24.7. The molecule has 514 valence electrons. The highest BCUT2D eigenvalue weighted by molar-refractivity contribution is 8.22. The highest BCUT2D eigenvalue weighted by Crippen LogP contribution is 2.45. The second kappa shape index (κ2) is 34.1. The van der Waals surface area contributed by atoms with E-state index in [2.05, 4.69) is 63.8 Å². The van der Waals surface area contributed by atoms with Crippen molar-refractivity contribution in [3.63, 3.8) is 0 Å². The van der Waals surface area contributed by atoms with E-state index >= 15 is 0 Å². The lowest BCUT2D eigenvalue weighted by Crippen LogP contribution is -2.63. The Kier molecular flexibility index (Phi) is 28.3. The highest BCUT2D eigenvalue weighted by atomic mass is 32.4. The van der Waals surface area contributed by atoms with E-state index in [-0.39, 0.29) is 12.3 Å². The van der Waals surface area contributed by atoms with Crippen LogP contribution < -0.4 is 85.0 Å². The smallest absolute Gasteiger partial charge is 0.325 e. The number of amides is 12. The zero-order chi connectivity index (χ0) is 71.6. The van der Waals surface area contributed by atoms with E-state index in [4.69, 9.17) is 23.6 Å². The lowest BCUT2D eigenvalue weighted by Gasteiger charge is -2.33. The van der Waals surface area contributed by atoms with E-state index in [0.717, 1.165) is 0 Å². The van der Waals surface area contributed by atoms with Gasteiger partial charge in [0.05, 0.1) is 0 Å². The van der Waals surface area contributed by atoms with E-state index in [9.17, 15) is 67.4 Å². The van der Waals surface area contributed by atoms with Crippen LogP contribution in [-0.4, -0.2) is 165 Å². The molecular formula is C65H88N12O14P2S2. The van der Waals surface area contributed by atoms with Crippen molar-refractivity contribution in [2.24, 2.45) is 0 Å². The fourth-order valence-electron chi connectivity index (χ4n) is 9.17. The molecule has 9 atom stereocenters. The average Bonchev–Trinajstić information content (AvgIpc) is 0.813. The van der Waals surface area contributed by atoms with Gasteiger partial charge in [-0.1, -0.05) is 145 Å². The summed E-state index contributed by atoms with van der Waals surface area (Å²) in [7, 11) is 0. The van der Waals surface area contributed by atoms with Crippen LogP contribution in [0.15, 0.2) is 121 Å². The number of carboxylic acid groups (broad SMARTS) is 1. The topological polar surface area (TPSA) is 386 Å². The Morgan fingerprint density at radius 1 is 0.337 bits per heavy atom. The standard InChI is InChI=1S/C65H88N12O14P2S2/c1-37(69-57(85)49(35-92(94,45-27-19-15-20-28-45)46-29-21-16-22-30-46)73-53(81)39(3)71-60(89)63(9,10)75-54(82)40(4)66-44(8)78)51(79)68-42(6)56(84)77-65(13,14)62(91)74-50(36-93(95,47-31-23-17-24-32-47)48-33-25-18-26-34-48)58(86)70-38(2)52(80)67-41(5)55(83)76-64(11,12)61(90)72-43(7)59(87)88/h15-34,37-43,49-50H,35-36H2,1-14H3,(H,66,78)(H,67,80)(H,68,79)(H,69,85)(H,70,86)(H,71,89)(H,72,90)(H,73,81)(H,74,91)(H,75,82)(H,76,83)(H,77,84)(H,87,88)/t37-,38-,39-,40-,41-,42-,43-,49-,50-/m0/s1. The number of carbonyl (C=O) groups is 13. The highest BCUT2D eigenvalue weighted by Gasteiger charge is 2.41.